The number of esters is 1. The van der Waals surface area contributed by atoms with Gasteiger partial charge in [-0.3, -0.25) is 19.7 Å². The lowest BCUT2D eigenvalue weighted by atomic mass is 10.1. The Hall–Kier alpha value is -2.64. The molecule has 0 radical (unpaired) electrons. The van der Waals surface area contributed by atoms with Crippen LogP contribution in [-0.4, -0.2) is 37.1 Å². The highest BCUT2D eigenvalue weighted by Gasteiger charge is 2.18. The van der Waals surface area contributed by atoms with Crippen molar-refractivity contribution in [2.45, 2.75) is 39.0 Å². The van der Waals surface area contributed by atoms with E-state index < -0.39 is 4.92 Å². The van der Waals surface area contributed by atoms with E-state index in [1.165, 1.54) is 25.3 Å². The highest BCUT2D eigenvalue weighted by atomic mass is 16.6. The van der Waals surface area contributed by atoms with E-state index in [0.717, 1.165) is 25.7 Å². The first-order chi connectivity index (χ1) is 12.0. The van der Waals surface area contributed by atoms with Gasteiger partial charge in [0.25, 0.3) is 5.91 Å². The van der Waals surface area contributed by atoms with Crippen LogP contribution in [0.15, 0.2) is 18.2 Å². The molecule has 1 N–H and O–H groups in total. The van der Waals surface area contributed by atoms with Gasteiger partial charge in [-0.25, -0.2) is 0 Å². The summed E-state index contributed by atoms with van der Waals surface area (Å²) in [5.74, 6) is -0.430. The van der Waals surface area contributed by atoms with Crippen molar-refractivity contribution in [1.29, 1.82) is 0 Å². The molecule has 0 spiro atoms. The van der Waals surface area contributed by atoms with E-state index in [4.69, 9.17) is 4.74 Å². The molecule has 0 saturated heterocycles. The zero-order chi connectivity index (χ0) is 18.7. The molecule has 1 rings (SSSR count). The van der Waals surface area contributed by atoms with Crippen molar-refractivity contribution in [3.63, 3.8) is 0 Å². The van der Waals surface area contributed by atoms with Crippen LogP contribution in [0.2, 0.25) is 0 Å². The molecule has 0 atom stereocenters. The molecule has 1 amide bonds. The SMILES string of the molecule is CCOc1ccc(C(=O)NCCCCCCC(=O)OC)cc1[N+](=O)[O-]. The minimum atomic E-state index is -0.566. The zero-order valence-corrected chi connectivity index (χ0v) is 14.6. The van der Waals surface area contributed by atoms with E-state index in [9.17, 15) is 19.7 Å². The highest BCUT2D eigenvalue weighted by Crippen LogP contribution is 2.27. The second-order valence-corrected chi connectivity index (χ2v) is 5.37. The number of rotatable bonds is 11. The van der Waals surface area contributed by atoms with E-state index in [-0.39, 0.29) is 28.9 Å². The standard InChI is InChI=1S/C17H24N2O6/c1-3-25-15-10-9-13(12-14(15)19(22)23)17(21)18-11-7-5-4-6-8-16(20)24-2/h9-10,12H,3-8,11H2,1-2H3,(H,18,21). The van der Waals surface area contributed by atoms with Gasteiger partial charge in [0.2, 0.25) is 0 Å². The number of nitrogens with zero attached hydrogens (tertiary/aromatic N) is 1. The number of unbranched alkanes of at least 4 members (excludes halogenated alkanes) is 3. The van der Waals surface area contributed by atoms with Gasteiger partial charge < -0.3 is 14.8 Å². The third-order valence-corrected chi connectivity index (χ3v) is 3.54. The summed E-state index contributed by atoms with van der Waals surface area (Å²) in [6.45, 7) is 2.51. The fourth-order valence-electron chi connectivity index (χ4n) is 2.23. The first-order valence-corrected chi connectivity index (χ1v) is 8.25. The monoisotopic (exact) mass is 352 g/mol. The molecule has 0 heterocycles. The fourth-order valence-corrected chi connectivity index (χ4v) is 2.23. The summed E-state index contributed by atoms with van der Waals surface area (Å²) in [4.78, 5) is 33.5. The smallest absolute Gasteiger partial charge is 0.311 e. The summed E-state index contributed by atoms with van der Waals surface area (Å²) in [5.41, 5.74) is -0.00171. The highest BCUT2D eigenvalue weighted by molar-refractivity contribution is 5.95. The number of nitro benzene ring substituents is 1. The summed E-state index contributed by atoms with van der Waals surface area (Å²) in [7, 11) is 1.36. The van der Waals surface area contributed by atoms with Crippen molar-refractivity contribution in [2.24, 2.45) is 0 Å². The molecule has 0 bridgehead atoms. The Morgan fingerprint density at radius 3 is 2.56 bits per heavy atom. The lowest BCUT2D eigenvalue weighted by Gasteiger charge is -2.08. The summed E-state index contributed by atoms with van der Waals surface area (Å²) in [6, 6.07) is 4.16. The van der Waals surface area contributed by atoms with Crippen LogP contribution in [0.5, 0.6) is 5.75 Å². The second-order valence-electron chi connectivity index (χ2n) is 5.37. The topological polar surface area (TPSA) is 108 Å². The summed E-state index contributed by atoms with van der Waals surface area (Å²) >= 11 is 0. The van der Waals surface area contributed by atoms with Gasteiger partial charge in [0.1, 0.15) is 0 Å². The molecule has 0 aliphatic carbocycles. The quantitative estimate of drug-likeness (QED) is 0.284. The Bertz CT molecular complexity index is 603. The average Bonchev–Trinajstić information content (AvgIpc) is 2.60. The Labute approximate surface area is 146 Å². The van der Waals surface area contributed by atoms with Crippen molar-refractivity contribution in [3.05, 3.63) is 33.9 Å². The fraction of sp³-hybridized carbons (Fsp3) is 0.529. The Morgan fingerprint density at radius 1 is 1.20 bits per heavy atom. The van der Waals surface area contributed by atoms with E-state index in [0.29, 0.717) is 19.6 Å². The van der Waals surface area contributed by atoms with Crippen LogP contribution in [0.3, 0.4) is 0 Å². The summed E-state index contributed by atoms with van der Waals surface area (Å²) < 4.78 is 9.74. The molecule has 8 nitrogen and oxygen atoms in total. The Balaban J connectivity index is 2.41. The molecule has 0 saturated carbocycles. The van der Waals surface area contributed by atoms with Crippen molar-refractivity contribution in [3.8, 4) is 5.75 Å². The molecule has 0 unspecified atom stereocenters. The largest absolute Gasteiger partial charge is 0.487 e. The maximum atomic E-state index is 12.1. The molecular formula is C17H24N2O6. The van der Waals surface area contributed by atoms with Crippen LogP contribution < -0.4 is 10.1 Å². The molecule has 0 fully saturated rings. The van der Waals surface area contributed by atoms with E-state index in [1.807, 2.05) is 0 Å². The molecule has 0 aromatic heterocycles. The minimum absolute atomic E-state index is 0.148. The van der Waals surface area contributed by atoms with Crippen LogP contribution in [0.4, 0.5) is 5.69 Å². The summed E-state index contributed by atoms with van der Waals surface area (Å²) in [6.07, 6.45) is 3.68. The van der Waals surface area contributed by atoms with Crippen LogP contribution in [0.1, 0.15) is 49.4 Å². The number of hydrogen-bond acceptors (Lipinski definition) is 6. The number of carbonyl (C=O) groups is 2. The number of nitro groups is 1. The average molecular weight is 352 g/mol. The molecular weight excluding hydrogens is 328 g/mol. The van der Waals surface area contributed by atoms with Crippen molar-refractivity contribution >= 4 is 17.6 Å². The van der Waals surface area contributed by atoms with Gasteiger partial charge >= 0.3 is 11.7 Å². The lowest BCUT2D eigenvalue weighted by Crippen LogP contribution is -2.24. The number of carbonyl (C=O) groups excluding carboxylic acids is 2. The number of nitrogens with one attached hydrogen (secondary N) is 1. The first kappa shape index (κ1) is 20.4. The summed E-state index contributed by atoms with van der Waals surface area (Å²) in [5, 5.41) is 13.8. The maximum absolute atomic E-state index is 12.1. The number of ether oxygens (including phenoxy) is 2. The van der Waals surface area contributed by atoms with Crippen LogP contribution in [0.25, 0.3) is 0 Å². The first-order valence-electron chi connectivity index (χ1n) is 8.25. The van der Waals surface area contributed by atoms with Gasteiger partial charge in [-0.1, -0.05) is 12.8 Å². The Kier molecular flexibility index (Phi) is 8.99. The van der Waals surface area contributed by atoms with Gasteiger partial charge in [0, 0.05) is 24.6 Å². The molecule has 25 heavy (non-hydrogen) atoms. The zero-order valence-electron chi connectivity index (χ0n) is 14.6. The molecule has 0 aliphatic heterocycles. The lowest BCUT2D eigenvalue weighted by molar-refractivity contribution is -0.385. The third kappa shape index (κ3) is 7.19. The normalized spacial score (nSPS) is 10.2. The van der Waals surface area contributed by atoms with Crippen LogP contribution >= 0.6 is 0 Å². The predicted molar refractivity (Wildman–Crippen MR) is 91.7 cm³/mol. The molecule has 138 valence electrons. The van der Waals surface area contributed by atoms with Gasteiger partial charge in [-0.15, -0.1) is 0 Å². The van der Waals surface area contributed by atoms with Gasteiger partial charge in [0.15, 0.2) is 5.75 Å². The molecule has 0 aliphatic rings. The van der Waals surface area contributed by atoms with Crippen molar-refractivity contribution in [2.75, 3.05) is 20.3 Å². The predicted octanol–water partition coefficient (Wildman–Crippen LogP) is 2.85. The van der Waals surface area contributed by atoms with Crippen molar-refractivity contribution < 1.29 is 24.0 Å². The number of hydrogen-bond donors (Lipinski definition) is 1. The van der Waals surface area contributed by atoms with Gasteiger partial charge in [0.05, 0.1) is 18.6 Å². The van der Waals surface area contributed by atoms with Gasteiger partial charge in [-0.2, -0.15) is 0 Å². The van der Waals surface area contributed by atoms with E-state index >= 15 is 0 Å². The Morgan fingerprint density at radius 2 is 1.92 bits per heavy atom. The van der Waals surface area contributed by atoms with Crippen LogP contribution in [0, 0.1) is 10.1 Å². The number of benzene rings is 1. The molecule has 1 aromatic carbocycles. The minimum Gasteiger partial charge on any atom is -0.487 e. The number of amides is 1. The van der Waals surface area contributed by atoms with E-state index in [1.54, 1.807) is 6.92 Å². The van der Waals surface area contributed by atoms with Gasteiger partial charge in [-0.05, 0) is 31.9 Å². The maximum Gasteiger partial charge on any atom is 0.311 e. The third-order valence-electron chi connectivity index (χ3n) is 3.54. The van der Waals surface area contributed by atoms with Crippen molar-refractivity contribution in [1.82, 2.24) is 5.32 Å². The second kappa shape index (κ2) is 11.0. The molecule has 1 aromatic rings. The number of methoxy groups -OCH3 is 1. The van der Waals surface area contributed by atoms with E-state index in [2.05, 4.69) is 10.1 Å². The van der Waals surface area contributed by atoms with Crippen LogP contribution in [-0.2, 0) is 9.53 Å². The molecule has 8 heteroatoms.